The Labute approximate surface area is 108 Å². The third-order valence-electron chi connectivity index (χ3n) is 3.60. The number of hydrogen-bond donors (Lipinski definition) is 0. The maximum atomic E-state index is 6.26. The van der Waals surface area contributed by atoms with Crippen LogP contribution in [0, 0.1) is 0 Å². The molecule has 0 aliphatic carbocycles. The molecule has 1 heterocycles. The van der Waals surface area contributed by atoms with Gasteiger partial charge in [0, 0.05) is 0 Å². The Balaban J connectivity index is 1.77. The van der Waals surface area contributed by atoms with Crippen LogP contribution in [0.3, 0.4) is 0 Å². The van der Waals surface area contributed by atoms with Crippen LogP contribution in [0.2, 0.25) is 0 Å². The average molecular weight is 238 g/mol. The van der Waals surface area contributed by atoms with Gasteiger partial charge in [-0.25, -0.2) is 0 Å². The van der Waals surface area contributed by atoms with Gasteiger partial charge in [-0.1, -0.05) is 60.7 Å². The molecule has 1 aliphatic rings. The van der Waals surface area contributed by atoms with Gasteiger partial charge in [0.05, 0.1) is 12.2 Å². The summed E-state index contributed by atoms with van der Waals surface area (Å²) in [5, 5.41) is 0. The Bertz CT molecular complexity index is 432. The van der Waals surface area contributed by atoms with Gasteiger partial charge in [-0.05, 0) is 30.4 Å². The lowest BCUT2D eigenvalue weighted by Crippen LogP contribution is -2.16. The van der Waals surface area contributed by atoms with Crippen LogP contribution in [0.1, 0.15) is 42.6 Å². The van der Waals surface area contributed by atoms with Crippen molar-refractivity contribution < 1.29 is 4.74 Å². The van der Waals surface area contributed by atoms with Crippen molar-refractivity contribution in [3.63, 3.8) is 0 Å². The van der Waals surface area contributed by atoms with Crippen LogP contribution in [-0.2, 0) is 4.74 Å². The predicted molar refractivity (Wildman–Crippen MR) is 73.3 cm³/mol. The molecule has 0 N–H and O–H groups in total. The van der Waals surface area contributed by atoms with E-state index in [0.717, 1.165) is 12.8 Å². The fourth-order valence-electron chi connectivity index (χ4n) is 2.65. The molecule has 2 atom stereocenters. The molecular weight excluding hydrogens is 220 g/mol. The van der Waals surface area contributed by atoms with Gasteiger partial charge in [-0.15, -0.1) is 0 Å². The van der Waals surface area contributed by atoms with Gasteiger partial charge >= 0.3 is 0 Å². The number of benzene rings is 2. The Morgan fingerprint density at radius 3 is 1.56 bits per heavy atom. The molecule has 1 fully saturated rings. The Morgan fingerprint density at radius 1 is 0.667 bits per heavy atom. The molecule has 1 heteroatoms. The van der Waals surface area contributed by atoms with E-state index in [9.17, 15) is 0 Å². The number of ether oxygens (including phenoxy) is 1. The first-order valence-electron chi connectivity index (χ1n) is 6.69. The first kappa shape index (κ1) is 11.5. The van der Waals surface area contributed by atoms with Gasteiger partial charge in [0.2, 0.25) is 0 Å². The van der Waals surface area contributed by atoms with Crippen molar-refractivity contribution in [2.45, 2.75) is 31.5 Å². The van der Waals surface area contributed by atoms with E-state index in [1.54, 1.807) is 0 Å². The third-order valence-corrected chi connectivity index (χ3v) is 3.60. The van der Waals surface area contributed by atoms with Crippen molar-refractivity contribution in [3.8, 4) is 0 Å². The van der Waals surface area contributed by atoms with E-state index in [4.69, 9.17) is 4.74 Å². The van der Waals surface area contributed by atoms with Crippen LogP contribution in [0.4, 0.5) is 0 Å². The fourth-order valence-corrected chi connectivity index (χ4v) is 2.65. The summed E-state index contributed by atoms with van der Waals surface area (Å²) in [6.07, 6.45) is 4.01. The molecule has 1 saturated heterocycles. The molecule has 1 aliphatic heterocycles. The van der Waals surface area contributed by atoms with Crippen LogP contribution in [0.5, 0.6) is 0 Å². The molecule has 0 radical (unpaired) electrons. The molecule has 2 aromatic rings. The summed E-state index contributed by atoms with van der Waals surface area (Å²) < 4.78 is 6.26. The zero-order valence-corrected chi connectivity index (χ0v) is 10.5. The maximum absolute atomic E-state index is 6.26. The minimum absolute atomic E-state index is 0.255. The molecule has 92 valence electrons. The molecule has 3 rings (SSSR count). The van der Waals surface area contributed by atoms with Crippen molar-refractivity contribution in [3.05, 3.63) is 71.8 Å². The summed E-state index contributed by atoms with van der Waals surface area (Å²) in [6, 6.07) is 21.1. The van der Waals surface area contributed by atoms with E-state index < -0.39 is 0 Å². The van der Waals surface area contributed by atoms with Crippen LogP contribution < -0.4 is 0 Å². The summed E-state index contributed by atoms with van der Waals surface area (Å²) in [6.45, 7) is 0. The second kappa shape index (κ2) is 5.36. The van der Waals surface area contributed by atoms with E-state index in [1.807, 2.05) is 0 Å². The summed E-state index contributed by atoms with van der Waals surface area (Å²) in [7, 11) is 0. The molecule has 2 aromatic carbocycles. The molecule has 0 unspecified atom stereocenters. The van der Waals surface area contributed by atoms with E-state index in [0.29, 0.717) is 0 Å². The second-order valence-electron chi connectivity index (χ2n) is 4.87. The zero-order valence-electron chi connectivity index (χ0n) is 10.5. The molecule has 0 aromatic heterocycles. The highest BCUT2D eigenvalue weighted by molar-refractivity contribution is 5.21. The van der Waals surface area contributed by atoms with E-state index >= 15 is 0 Å². The Morgan fingerprint density at radius 2 is 1.11 bits per heavy atom. The van der Waals surface area contributed by atoms with Crippen molar-refractivity contribution >= 4 is 0 Å². The topological polar surface area (TPSA) is 9.23 Å². The van der Waals surface area contributed by atoms with Gasteiger partial charge in [-0.3, -0.25) is 0 Å². The quantitative estimate of drug-likeness (QED) is 0.738. The smallest absolute Gasteiger partial charge is 0.0833 e. The first-order valence-corrected chi connectivity index (χ1v) is 6.69. The van der Waals surface area contributed by atoms with Crippen LogP contribution in [0.25, 0.3) is 0 Å². The summed E-state index contributed by atoms with van der Waals surface area (Å²) >= 11 is 0. The largest absolute Gasteiger partial charge is 0.366 e. The highest BCUT2D eigenvalue weighted by Gasteiger charge is 2.24. The molecule has 0 spiro atoms. The average Bonchev–Trinajstić information content (AvgIpc) is 2.49. The molecular formula is C17H18O. The Hall–Kier alpha value is -1.60. The van der Waals surface area contributed by atoms with E-state index in [1.165, 1.54) is 17.5 Å². The van der Waals surface area contributed by atoms with Crippen molar-refractivity contribution in [1.29, 1.82) is 0 Å². The first-order chi connectivity index (χ1) is 8.93. The summed E-state index contributed by atoms with van der Waals surface area (Å²) in [5.41, 5.74) is 2.61. The predicted octanol–water partition coefficient (Wildman–Crippen LogP) is 4.67. The fraction of sp³-hybridized carbons (Fsp3) is 0.294. The van der Waals surface area contributed by atoms with E-state index in [2.05, 4.69) is 60.7 Å². The zero-order chi connectivity index (χ0) is 12.2. The minimum Gasteiger partial charge on any atom is -0.366 e. The normalized spacial score (nSPS) is 23.8. The summed E-state index contributed by atoms with van der Waals surface area (Å²) in [4.78, 5) is 0. The SMILES string of the molecule is c1ccc([C@@H]2CCC[C@@H](c3ccccc3)O2)cc1. The number of rotatable bonds is 2. The second-order valence-corrected chi connectivity index (χ2v) is 4.87. The highest BCUT2D eigenvalue weighted by Crippen LogP contribution is 2.38. The Kier molecular flexibility index (Phi) is 3.42. The molecule has 1 nitrogen and oxygen atoms in total. The van der Waals surface area contributed by atoms with Crippen molar-refractivity contribution in [2.24, 2.45) is 0 Å². The lowest BCUT2D eigenvalue weighted by Gasteiger charge is -2.30. The lowest BCUT2D eigenvalue weighted by molar-refractivity contribution is -0.0534. The molecule has 0 saturated carbocycles. The van der Waals surface area contributed by atoms with Crippen molar-refractivity contribution in [1.82, 2.24) is 0 Å². The van der Waals surface area contributed by atoms with Gasteiger partial charge in [0.15, 0.2) is 0 Å². The van der Waals surface area contributed by atoms with Crippen LogP contribution in [0.15, 0.2) is 60.7 Å². The third kappa shape index (κ3) is 2.46. The standard InChI is InChI=1S/C17H18O/c1-3-8-14(9-4-1)16-12-7-13-17(18-16)15-10-5-2-6-11-15/h1-6,8-11,16-17H,7,12-13H2/t16-,17-/m0/s1. The molecule has 18 heavy (non-hydrogen) atoms. The highest BCUT2D eigenvalue weighted by atomic mass is 16.5. The molecule has 0 amide bonds. The van der Waals surface area contributed by atoms with Gasteiger partial charge in [0.1, 0.15) is 0 Å². The monoisotopic (exact) mass is 238 g/mol. The van der Waals surface area contributed by atoms with Crippen LogP contribution >= 0.6 is 0 Å². The number of hydrogen-bond acceptors (Lipinski definition) is 1. The molecule has 0 bridgehead atoms. The van der Waals surface area contributed by atoms with Crippen LogP contribution in [-0.4, -0.2) is 0 Å². The van der Waals surface area contributed by atoms with Gasteiger partial charge < -0.3 is 4.74 Å². The van der Waals surface area contributed by atoms with E-state index in [-0.39, 0.29) is 12.2 Å². The lowest BCUT2D eigenvalue weighted by atomic mass is 9.95. The van der Waals surface area contributed by atoms with Gasteiger partial charge in [0.25, 0.3) is 0 Å². The van der Waals surface area contributed by atoms with Gasteiger partial charge in [-0.2, -0.15) is 0 Å². The van der Waals surface area contributed by atoms with Crippen molar-refractivity contribution in [2.75, 3.05) is 0 Å². The minimum atomic E-state index is 0.255. The summed E-state index contributed by atoms with van der Waals surface area (Å²) in [5.74, 6) is 0. The maximum Gasteiger partial charge on any atom is 0.0833 e.